The van der Waals surface area contributed by atoms with Crippen LogP contribution in [0.3, 0.4) is 0 Å². The van der Waals surface area contributed by atoms with Crippen LogP contribution in [-0.2, 0) is 0 Å². The maximum Gasteiger partial charge on any atom is 0.165 e. The summed E-state index contributed by atoms with van der Waals surface area (Å²) < 4.78 is 19.7. The monoisotopic (exact) mass is 294 g/mol. The number of alkyl halides is 1. The highest BCUT2D eigenvalue weighted by atomic mass is 35.5. The zero-order valence-electron chi connectivity index (χ0n) is 11.8. The Bertz CT molecular complexity index is 503. The lowest BCUT2D eigenvalue weighted by molar-refractivity contribution is 0.124. The molecule has 1 aliphatic rings. The van der Waals surface area contributed by atoms with E-state index in [1.54, 1.807) is 12.1 Å². The Labute approximate surface area is 125 Å². The number of halogens is 2. The normalized spacial score (nSPS) is 21.9. The summed E-state index contributed by atoms with van der Waals surface area (Å²) in [4.78, 5) is 0. The largest absolute Gasteiger partial charge is 0.487 e. The number of rotatable bonds is 3. The highest BCUT2D eigenvalue weighted by Gasteiger charge is 2.21. The van der Waals surface area contributed by atoms with Crippen molar-refractivity contribution in [2.75, 3.05) is 5.88 Å². The second kappa shape index (κ2) is 7.55. The minimum absolute atomic E-state index is 0.124. The second-order valence-electron chi connectivity index (χ2n) is 5.40. The summed E-state index contributed by atoms with van der Waals surface area (Å²) in [6.07, 6.45) is 5.16. The van der Waals surface area contributed by atoms with Gasteiger partial charge in [0.2, 0.25) is 0 Å². The van der Waals surface area contributed by atoms with Crippen LogP contribution in [0.1, 0.15) is 44.6 Å². The molecule has 0 heterocycles. The molecule has 0 aromatic heterocycles. The van der Waals surface area contributed by atoms with Crippen molar-refractivity contribution in [3.63, 3.8) is 0 Å². The topological polar surface area (TPSA) is 9.23 Å². The molecule has 1 aromatic carbocycles. The van der Waals surface area contributed by atoms with Gasteiger partial charge in [-0.2, -0.15) is 0 Å². The van der Waals surface area contributed by atoms with Crippen LogP contribution in [0, 0.1) is 23.6 Å². The zero-order chi connectivity index (χ0) is 14.4. The third-order valence-corrected chi connectivity index (χ3v) is 3.75. The van der Waals surface area contributed by atoms with E-state index in [1.165, 1.54) is 12.5 Å². The zero-order valence-corrected chi connectivity index (χ0v) is 12.5. The van der Waals surface area contributed by atoms with Crippen LogP contribution < -0.4 is 4.74 Å². The predicted molar refractivity (Wildman–Crippen MR) is 80.7 cm³/mol. The first-order valence-corrected chi connectivity index (χ1v) is 7.73. The van der Waals surface area contributed by atoms with Gasteiger partial charge in [0.1, 0.15) is 0 Å². The summed E-state index contributed by atoms with van der Waals surface area (Å²) in [6.45, 7) is 2.22. The Kier molecular flexibility index (Phi) is 5.73. The number of hydrogen-bond acceptors (Lipinski definition) is 1. The highest BCUT2D eigenvalue weighted by Crippen LogP contribution is 2.29. The molecule has 2 atom stereocenters. The quantitative estimate of drug-likeness (QED) is 0.577. The van der Waals surface area contributed by atoms with Crippen molar-refractivity contribution in [3.8, 4) is 17.6 Å². The predicted octanol–water partition coefficient (Wildman–Crippen LogP) is 4.76. The second-order valence-corrected chi connectivity index (χ2v) is 5.78. The van der Waals surface area contributed by atoms with Gasteiger partial charge in [-0.15, -0.1) is 11.6 Å². The Morgan fingerprint density at radius 2 is 2.25 bits per heavy atom. The molecule has 1 aliphatic carbocycles. The molecule has 1 aromatic rings. The van der Waals surface area contributed by atoms with E-state index in [0.29, 0.717) is 24.0 Å². The molecule has 20 heavy (non-hydrogen) atoms. The SMILES string of the molecule is CC1CCCC(Oc2cc(C#CCCCl)ccc2F)C1. The molecule has 1 saturated carbocycles. The fourth-order valence-corrected chi connectivity index (χ4v) is 2.64. The molecular weight excluding hydrogens is 275 g/mol. The maximum absolute atomic E-state index is 13.8. The maximum atomic E-state index is 13.8. The van der Waals surface area contributed by atoms with Gasteiger partial charge in [0, 0.05) is 17.9 Å². The van der Waals surface area contributed by atoms with Gasteiger partial charge in [-0.1, -0.05) is 25.2 Å². The molecule has 0 saturated heterocycles. The van der Waals surface area contributed by atoms with Crippen molar-refractivity contribution in [1.29, 1.82) is 0 Å². The van der Waals surface area contributed by atoms with E-state index in [-0.39, 0.29) is 11.9 Å². The minimum Gasteiger partial charge on any atom is -0.487 e. The lowest BCUT2D eigenvalue weighted by Gasteiger charge is -2.27. The van der Waals surface area contributed by atoms with E-state index in [4.69, 9.17) is 16.3 Å². The van der Waals surface area contributed by atoms with Gasteiger partial charge in [-0.3, -0.25) is 0 Å². The van der Waals surface area contributed by atoms with Crippen molar-refractivity contribution in [3.05, 3.63) is 29.6 Å². The molecule has 0 bridgehead atoms. The lowest BCUT2D eigenvalue weighted by atomic mass is 9.89. The molecular formula is C17H20ClFO. The minimum atomic E-state index is -0.314. The Morgan fingerprint density at radius 3 is 3.00 bits per heavy atom. The number of benzene rings is 1. The third-order valence-electron chi connectivity index (χ3n) is 3.57. The van der Waals surface area contributed by atoms with Crippen molar-refractivity contribution in [1.82, 2.24) is 0 Å². The van der Waals surface area contributed by atoms with Crippen LogP contribution in [0.25, 0.3) is 0 Å². The first-order chi connectivity index (χ1) is 9.69. The average molecular weight is 295 g/mol. The van der Waals surface area contributed by atoms with Crippen molar-refractivity contribution in [2.45, 2.75) is 45.1 Å². The lowest BCUT2D eigenvalue weighted by Crippen LogP contribution is -2.24. The van der Waals surface area contributed by atoms with Crippen LogP contribution in [0.5, 0.6) is 5.75 Å². The van der Waals surface area contributed by atoms with Crippen LogP contribution in [0.4, 0.5) is 4.39 Å². The van der Waals surface area contributed by atoms with Crippen LogP contribution in [-0.4, -0.2) is 12.0 Å². The molecule has 0 amide bonds. The van der Waals surface area contributed by atoms with E-state index >= 15 is 0 Å². The summed E-state index contributed by atoms with van der Waals surface area (Å²) in [6, 6.07) is 4.79. The Morgan fingerprint density at radius 1 is 1.40 bits per heavy atom. The molecule has 2 unspecified atom stereocenters. The molecule has 108 valence electrons. The standard InChI is InChI=1S/C17H20ClFO/c1-13-5-4-7-15(11-13)20-17-12-14(6-2-3-10-18)8-9-16(17)19/h8-9,12-13,15H,3-5,7,10-11H2,1H3. The van der Waals surface area contributed by atoms with Gasteiger partial charge < -0.3 is 4.74 Å². The summed E-state index contributed by atoms with van der Waals surface area (Å²) in [7, 11) is 0. The number of ether oxygens (including phenoxy) is 1. The van der Waals surface area contributed by atoms with Gasteiger partial charge in [-0.25, -0.2) is 4.39 Å². The first kappa shape index (κ1) is 15.2. The summed E-state index contributed by atoms with van der Waals surface area (Å²) in [5, 5.41) is 0. The third kappa shape index (κ3) is 4.42. The van der Waals surface area contributed by atoms with Crippen molar-refractivity contribution in [2.24, 2.45) is 5.92 Å². The van der Waals surface area contributed by atoms with Gasteiger partial charge in [0.25, 0.3) is 0 Å². The molecule has 1 nitrogen and oxygen atoms in total. The van der Waals surface area contributed by atoms with E-state index in [2.05, 4.69) is 18.8 Å². The highest BCUT2D eigenvalue weighted by molar-refractivity contribution is 6.18. The van der Waals surface area contributed by atoms with E-state index in [1.807, 2.05) is 0 Å². The summed E-state index contributed by atoms with van der Waals surface area (Å²) in [5.74, 6) is 7.10. The average Bonchev–Trinajstić information content (AvgIpc) is 2.43. The molecule has 3 heteroatoms. The van der Waals surface area contributed by atoms with Gasteiger partial charge in [0.15, 0.2) is 11.6 Å². The van der Waals surface area contributed by atoms with Gasteiger partial charge in [0.05, 0.1) is 6.10 Å². The molecule has 0 spiro atoms. The summed E-state index contributed by atoms with van der Waals surface area (Å²) in [5.41, 5.74) is 0.773. The van der Waals surface area contributed by atoms with E-state index < -0.39 is 0 Å². The van der Waals surface area contributed by atoms with Crippen molar-refractivity contribution < 1.29 is 9.13 Å². The van der Waals surface area contributed by atoms with E-state index in [0.717, 1.165) is 24.8 Å². The van der Waals surface area contributed by atoms with Gasteiger partial charge in [-0.05, 0) is 43.4 Å². The first-order valence-electron chi connectivity index (χ1n) is 7.20. The number of hydrogen-bond donors (Lipinski definition) is 0. The Hall–Kier alpha value is -1.20. The Balaban J connectivity index is 2.06. The summed E-state index contributed by atoms with van der Waals surface area (Å²) >= 11 is 5.58. The van der Waals surface area contributed by atoms with E-state index in [9.17, 15) is 4.39 Å². The van der Waals surface area contributed by atoms with Crippen LogP contribution >= 0.6 is 11.6 Å². The molecule has 0 radical (unpaired) electrons. The molecule has 1 fully saturated rings. The molecule has 0 aliphatic heterocycles. The fraction of sp³-hybridized carbons (Fsp3) is 0.529. The van der Waals surface area contributed by atoms with Gasteiger partial charge >= 0.3 is 0 Å². The molecule has 2 rings (SSSR count). The van der Waals surface area contributed by atoms with Crippen molar-refractivity contribution >= 4 is 11.6 Å². The van der Waals surface area contributed by atoms with Crippen LogP contribution in [0.2, 0.25) is 0 Å². The fourth-order valence-electron chi connectivity index (χ4n) is 2.55. The van der Waals surface area contributed by atoms with Crippen LogP contribution in [0.15, 0.2) is 18.2 Å². The smallest absolute Gasteiger partial charge is 0.165 e. The molecule has 0 N–H and O–H groups in total.